The van der Waals surface area contributed by atoms with E-state index >= 15 is 0 Å². The zero-order chi connectivity index (χ0) is 10.7. The lowest BCUT2D eigenvalue weighted by atomic mass is 10.2. The molecule has 0 fully saturated rings. The van der Waals surface area contributed by atoms with Crippen molar-refractivity contribution in [2.24, 2.45) is 5.73 Å². The van der Waals surface area contributed by atoms with Gasteiger partial charge in [-0.05, 0) is 12.1 Å². The van der Waals surface area contributed by atoms with Gasteiger partial charge in [0, 0.05) is 18.0 Å². The minimum atomic E-state index is 0.459. The second-order valence-electron chi connectivity index (χ2n) is 3.20. The number of aromatic nitrogens is 1. The van der Waals surface area contributed by atoms with Crippen LogP contribution >= 0.6 is 0 Å². The van der Waals surface area contributed by atoms with Crippen LogP contribution in [0.15, 0.2) is 30.3 Å². The predicted octanol–water partition coefficient (Wildman–Crippen LogP) is 1.15. The number of nitrogens with two attached hydrogens (primary N) is 2. The minimum absolute atomic E-state index is 0.459. The van der Waals surface area contributed by atoms with Gasteiger partial charge < -0.3 is 16.2 Å². The largest absolute Gasteiger partial charge is 0.491 e. The van der Waals surface area contributed by atoms with Gasteiger partial charge in [0.2, 0.25) is 0 Å². The van der Waals surface area contributed by atoms with Crippen molar-refractivity contribution in [3.8, 4) is 5.75 Å². The maximum atomic E-state index is 5.67. The van der Waals surface area contributed by atoms with E-state index in [4.69, 9.17) is 16.2 Å². The monoisotopic (exact) mass is 203 g/mol. The van der Waals surface area contributed by atoms with Crippen LogP contribution in [-0.2, 0) is 0 Å². The summed E-state index contributed by atoms with van der Waals surface area (Å²) in [6.45, 7) is 0.962. The average molecular weight is 203 g/mol. The van der Waals surface area contributed by atoms with E-state index in [2.05, 4.69) is 4.98 Å². The molecule has 0 saturated heterocycles. The van der Waals surface area contributed by atoms with Crippen LogP contribution < -0.4 is 16.2 Å². The summed E-state index contributed by atoms with van der Waals surface area (Å²) in [6.07, 6.45) is 0. The van der Waals surface area contributed by atoms with Crippen LogP contribution in [0.25, 0.3) is 10.9 Å². The molecule has 2 rings (SSSR count). The lowest BCUT2D eigenvalue weighted by Crippen LogP contribution is -2.11. The molecule has 0 aliphatic rings. The summed E-state index contributed by atoms with van der Waals surface area (Å²) in [6, 6.07) is 9.43. The van der Waals surface area contributed by atoms with Gasteiger partial charge in [0.25, 0.3) is 0 Å². The Hall–Kier alpha value is -1.81. The van der Waals surface area contributed by atoms with E-state index in [0.29, 0.717) is 19.0 Å². The van der Waals surface area contributed by atoms with Gasteiger partial charge in [0.1, 0.15) is 18.2 Å². The third-order valence-electron chi connectivity index (χ3n) is 2.07. The fourth-order valence-electron chi connectivity index (χ4n) is 1.45. The number of hydrogen-bond acceptors (Lipinski definition) is 4. The quantitative estimate of drug-likeness (QED) is 0.784. The highest BCUT2D eigenvalue weighted by molar-refractivity contribution is 5.86. The van der Waals surface area contributed by atoms with Crippen LogP contribution in [0.1, 0.15) is 0 Å². The zero-order valence-electron chi connectivity index (χ0n) is 8.31. The van der Waals surface area contributed by atoms with Crippen molar-refractivity contribution in [3.05, 3.63) is 30.3 Å². The summed E-state index contributed by atoms with van der Waals surface area (Å²) in [5.74, 6) is 1.20. The molecule has 0 amide bonds. The van der Waals surface area contributed by atoms with E-state index in [1.54, 1.807) is 6.07 Å². The molecule has 0 spiro atoms. The molecule has 0 aliphatic heterocycles. The van der Waals surface area contributed by atoms with Gasteiger partial charge >= 0.3 is 0 Å². The van der Waals surface area contributed by atoms with Crippen LogP contribution in [0.2, 0.25) is 0 Å². The summed E-state index contributed by atoms with van der Waals surface area (Å²) in [4.78, 5) is 4.21. The predicted molar refractivity (Wildman–Crippen MR) is 60.7 cm³/mol. The summed E-state index contributed by atoms with van der Waals surface area (Å²) in [5, 5.41) is 0.958. The lowest BCUT2D eigenvalue weighted by Gasteiger charge is -2.08. The summed E-state index contributed by atoms with van der Waals surface area (Å²) >= 11 is 0. The molecule has 1 aromatic carbocycles. The Bertz CT molecular complexity index is 470. The molecular weight excluding hydrogens is 190 g/mol. The first-order chi connectivity index (χ1) is 7.31. The molecule has 15 heavy (non-hydrogen) atoms. The smallest absolute Gasteiger partial charge is 0.132 e. The fraction of sp³-hybridized carbons (Fsp3) is 0.182. The van der Waals surface area contributed by atoms with Crippen LogP contribution in [0.5, 0.6) is 5.75 Å². The van der Waals surface area contributed by atoms with Gasteiger partial charge in [-0.25, -0.2) is 4.98 Å². The first kappa shape index (κ1) is 9.73. The molecule has 4 heteroatoms. The van der Waals surface area contributed by atoms with E-state index in [1.807, 2.05) is 24.3 Å². The normalized spacial score (nSPS) is 10.5. The first-order valence-corrected chi connectivity index (χ1v) is 4.79. The molecule has 1 aromatic heterocycles. The van der Waals surface area contributed by atoms with E-state index in [1.165, 1.54) is 0 Å². The number of nitrogens with zero attached hydrogens (tertiary/aromatic N) is 1. The first-order valence-electron chi connectivity index (χ1n) is 4.79. The molecule has 4 N–H and O–H groups in total. The number of anilines is 1. The molecule has 0 atom stereocenters. The third kappa shape index (κ3) is 1.99. The Balaban J connectivity index is 2.50. The van der Waals surface area contributed by atoms with Crippen molar-refractivity contribution in [1.82, 2.24) is 4.98 Å². The van der Waals surface area contributed by atoms with Gasteiger partial charge in [-0.15, -0.1) is 0 Å². The molecule has 0 radical (unpaired) electrons. The lowest BCUT2D eigenvalue weighted by molar-refractivity contribution is 0.332. The van der Waals surface area contributed by atoms with Gasteiger partial charge in [-0.2, -0.15) is 0 Å². The highest BCUT2D eigenvalue weighted by atomic mass is 16.5. The molecule has 0 unspecified atom stereocenters. The summed E-state index contributed by atoms with van der Waals surface area (Å²) in [5.41, 5.74) is 11.9. The van der Waals surface area contributed by atoms with Crippen molar-refractivity contribution >= 4 is 16.7 Å². The van der Waals surface area contributed by atoms with Crippen molar-refractivity contribution in [3.63, 3.8) is 0 Å². The van der Waals surface area contributed by atoms with Crippen LogP contribution in [0.3, 0.4) is 0 Å². The number of fused-ring (bicyclic) bond motifs is 1. The second-order valence-corrected chi connectivity index (χ2v) is 3.20. The van der Waals surface area contributed by atoms with Gasteiger partial charge in [0.05, 0.1) is 5.52 Å². The fourth-order valence-corrected chi connectivity index (χ4v) is 1.45. The number of pyridine rings is 1. The number of hydrogen-bond donors (Lipinski definition) is 2. The second kappa shape index (κ2) is 4.14. The van der Waals surface area contributed by atoms with Crippen LogP contribution in [-0.4, -0.2) is 18.1 Å². The molecule has 0 bridgehead atoms. The van der Waals surface area contributed by atoms with E-state index in [9.17, 15) is 0 Å². The number of rotatable bonds is 3. The topological polar surface area (TPSA) is 74.2 Å². The van der Waals surface area contributed by atoms with Gasteiger partial charge in [-0.1, -0.05) is 12.1 Å². The molecule has 0 saturated carbocycles. The van der Waals surface area contributed by atoms with Gasteiger partial charge in [0.15, 0.2) is 0 Å². The number of ether oxygens (including phenoxy) is 1. The number of nitrogen functional groups attached to an aromatic ring is 1. The highest BCUT2D eigenvalue weighted by Crippen LogP contribution is 2.25. The SMILES string of the molecule is NCCOc1cc(N)nc2ccccc12. The zero-order valence-corrected chi connectivity index (χ0v) is 8.31. The molecule has 1 heterocycles. The standard InChI is InChI=1S/C11H13N3O/c12-5-6-15-10-7-11(13)14-9-4-2-1-3-8(9)10/h1-4,7H,5-6,12H2,(H2,13,14). The van der Waals surface area contributed by atoms with Crippen LogP contribution in [0.4, 0.5) is 5.82 Å². The Labute approximate surface area is 87.9 Å². The van der Waals surface area contributed by atoms with Crippen molar-refractivity contribution in [2.75, 3.05) is 18.9 Å². The van der Waals surface area contributed by atoms with Crippen molar-refractivity contribution < 1.29 is 4.74 Å². The molecule has 78 valence electrons. The summed E-state index contributed by atoms with van der Waals surface area (Å²) < 4.78 is 5.50. The molecular formula is C11H13N3O. The van der Waals surface area contributed by atoms with Crippen molar-refractivity contribution in [2.45, 2.75) is 0 Å². The Morgan fingerprint density at radius 1 is 1.27 bits per heavy atom. The minimum Gasteiger partial charge on any atom is -0.491 e. The average Bonchev–Trinajstić information content (AvgIpc) is 2.25. The van der Waals surface area contributed by atoms with Crippen LogP contribution in [0, 0.1) is 0 Å². The van der Waals surface area contributed by atoms with Gasteiger partial charge in [-0.3, -0.25) is 0 Å². The highest BCUT2D eigenvalue weighted by Gasteiger charge is 2.03. The molecule has 2 aromatic rings. The Morgan fingerprint density at radius 2 is 2.07 bits per heavy atom. The summed E-state index contributed by atoms with van der Waals surface area (Å²) in [7, 11) is 0. The maximum Gasteiger partial charge on any atom is 0.132 e. The van der Waals surface area contributed by atoms with Crippen molar-refractivity contribution in [1.29, 1.82) is 0 Å². The molecule has 4 nitrogen and oxygen atoms in total. The van der Waals surface area contributed by atoms with E-state index in [-0.39, 0.29) is 0 Å². The van der Waals surface area contributed by atoms with E-state index < -0.39 is 0 Å². The Morgan fingerprint density at radius 3 is 2.87 bits per heavy atom. The number of benzene rings is 1. The maximum absolute atomic E-state index is 5.67. The number of para-hydroxylation sites is 1. The van der Waals surface area contributed by atoms with E-state index in [0.717, 1.165) is 16.7 Å². The molecule has 0 aliphatic carbocycles. The Kier molecular flexibility index (Phi) is 2.69. The third-order valence-corrected chi connectivity index (χ3v) is 2.07.